The number of hydrogen-bond donors (Lipinski definition) is 4. The summed E-state index contributed by atoms with van der Waals surface area (Å²) in [5.41, 5.74) is 2.06. The van der Waals surface area contributed by atoms with Gasteiger partial charge >= 0.3 is 10.1 Å². The van der Waals surface area contributed by atoms with Gasteiger partial charge in [0.15, 0.2) is 0 Å². The van der Waals surface area contributed by atoms with E-state index in [0.29, 0.717) is 0 Å². The maximum absolute atomic E-state index is 13.0. The minimum Gasteiger partial charge on any atom is -0.284 e. The van der Waals surface area contributed by atoms with E-state index >= 15 is 0 Å². The summed E-state index contributed by atoms with van der Waals surface area (Å²) < 4.78 is 72.1. The van der Waals surface area contributed by atoms with E-state index in [2.05, 4.69) is 20.8 Å². The molecule has 0 saturated carbocycles. The number of rotatable bonds is 5. The average molecular weight is 521 g/mol. The van der Waals surface area contributed by atoms with Gasteiger partial charge in [0.1, 0.15) is 11.4 Å². The van der Waals surface area contributed by atoms with Crippen LogP contribution in [0.4, 0.5) is 0 Å². The zero-order chi connectivity index (χ0) is 23.0. The van der Waals surface area contributed by atoms with Gasteiger partial charge in [-0.25, -0.2) is 5.32 Å². The summed E-state index contributed by atoms with van der Waals surface area (Å²) in [5.74, 6) is 0. The second-order valence-electron chi connectivity index (χ2n) is 6.96. The summed E-state index contributed by atoms with van der Waals surface area (Å²) in [6, 6.07) is 19.7. The monoisotopic (exact) mass is 520 g/mol. The summed E-state index contributed by atoms with van der Waals surface area (Å²) in [6.07, 6.45) is 1.26. The molecule has 168 valence electrons. The normalized spacial score (nSPS) is 22.4. The molecule has 2 radical (unpaired) electrons. The number of hydrogen-bond acceptors (Lipinski definition) is 8. The molecule has 0 saturated heterocycles. The van der Waals surface area contributed by atoms with E-state index in [4.69, 9.17) is 0 Å². The van der Waals surface area contributed by atoms with Gasteiger partial charge in [0, 0.05) is 70.9 Å². The number of hydrazone groups is 1. The van der Waals surface area contributed by atoms with Crippen LogP contribution in [-0.2, 0) is 30.1 Å². The first-order valence-electron chi connectivity index (χ1n) is 9.23. The molecule has 1 aromatic heterocycles. The van der Waals surface area contributed by atoms with Crippen LogP contribution < -0.4 is 10.7 Å². The Hall–Kier alpha value is -1.16. The fourth-order valence-electron chi connectivity index (χ4n) is 3.58. The molecule has 2 atom stereocenters. The third-order valence-electron chi connectivity index (χ3n) is 5.04. The zero-order valence-corrected chi connectivity index (χ0v) is 24.0. The minimum absolute atomic E-state index is 0. The van der Waals surface area contributed by atoms with Gasteiger partial charge in [0.2, 0.25) is 4.87 Å². The molecule has 2 heterocycles. The van der Waals surface area contributed by atoms with Gasteiger partial charge in [-0.3, -0.25) is 19.5 Å². The number of nitrogens with zero attached hydrogens (tertiary/aromatic N) is 2. The van der Waals surface area contributed by atoms with E-state index in [9.17, 15) is 25.9 Å². The van der Waals surface area contributed by atoms with Crippen LogP contribution in [0.1, 0.15) is 16.8 Å². The molecule has 0 spiro atoms. The number of benzene rings is 2. The van der Waals surface area contributed by atoms with Crippen LogP contribution in [0, 0.1) is 0 Å². The van der Waals surface area contributed by atoms with Gasteiger partial charge in [-0.05, 0) is 17.7 Å². The molecule has 2 unspecified atom stereocenters. The van der Waals surface area contributed by atoms with Crippen LogP contribution >= 0.6 is 0 Å². The van der Waals surface area contributed by atoms with E-state index in [0.717, 1.165) is 0 Å². The molecule has 10 nitrogen and oxygen atoms in total. The first-order valence-corrected chi connectivity index (χ1v) is 12.1. The van der Waals surface area contributed by atoms with Crippen molar-refractivity contribution in [2.45, 2.75) is 9.87 Å². The third kappa shape index (κ3) is 4.90. The van der Waals surface area contributed by atoms with Crippen molar-refractivity contribution in [3.8, 4) is 0 Å². The third-order valence-corrected chi connectivity index (χ3v) is 7.52. The van der Waals surface area contributed by atoms with Crippen molar-refractivity contribution in [3.05, 3.63) is 102 Å². The fraction of sp³-hybridized carbons (Fsp3) is 0.100. The van der Waals surface area contributed by atoms with E-state index < -0.39 is 30.1 Å². The molecule has 4 rings (SSSR count). The maximum Gasteiger partial charge on any atom is 0.311 e. The molecule has 34 heavy (non-hydrogen) atoms. The topological polar surface area (TPSA) is 158 Å². The van der Waals surface area contributed by atoms with E-state index in [1.165, 1.54) is 48.7 Å². The van der Waals surface area contributed by atoms with Gasteiger partial charge in [-0.1, -0.05) is 66.7 Å². The molecule has 3 aromatic rings. The summed E-state index contributed by atoms with van der Waals surface area (Å²) in [6.45, 7) is 0. The largest absolute Gasteiger partial charge is 0.311 e. The Labute approximate surface area is 241 Å². The van der Waals surface area contributed by atoms with Crippen molar-refractivity contribution < 1.29 is 25.9 Å². The van der Waals surface area contributed by atoms with E-state index in [-0.39, 0.29) is 81.6 Å². The standard InChI is InChI=1S/C20H18N4O6S2.2Na/c25-31(26,27)19(16-11-5-2-6-12-16)18(15-9-3-1-4-10-15)22-24-20(23-19,32(28,29)30)17-13-7-8-14-21-17;;/h1-14,23-24H,(H,25,26,27)(H,28,29,30);;. The van der Waals surface area contributed by atoms with Gasteiger partial charge in [-0.2, -0.15) is 21.9 Å². The van der Waals surface area contributed by atoms with Gasteiger partial charge < -0.3 is 0 Å². The molecule has 0 bridgehead atoms. The molecule has 0 aliphatic carbocycles. The Kier molecular flexibility index (Phi) is 9.27. The van der Waals surface area contributed by atoms with Gasteiger partial charge in [0.05, 0.1) is 0 Å². The SMILES string of the molecule is O=S(=O)(O)C1(c2ccccn2)NN=C(c2ccccc2)C(c2ccccc2)(S(=O)(=O)O)N1.[Na].[Na]. The molecule has 14 heteroatoms. The average Bonchev–Trinajstić information content (AvgIpc) is 2.79. The van der Waals surface area contributed by atoms with Gasteiger partial charge in [0.25, 0.3) is 15.1 Å². The van der Waals surface area contributed by atoms with Gasteiger partial charge in [-0.15, -0.1) is 0 Å². The maximum atomic E-state index is 13.0. The molecule has 4 N–H and O–H groups in total. The predicted molar refractivity (Wildman–Crippen MR) is 128 cm³/mol. The Morgan fingerprint density at radius 1 is 0.735 bits per heavy atom. The second-order valence-corrected chi connectivity index (χ2v) is 10.1. The van der Waals surface area contributed by atoms with Crippen LogP contribution in [0.25, 0.3) is 0 Å². The Morgan fingerprint density at radius 2 is 1.29 bits per heavy atom. The van der Waals surface area contributed by atoms with Crippen molar-refractivity contribution >= 4 is 85.1 Å². The molecule has 1 aliphatic heterocycles. The molecule has 1 aliphatic rings. The quantitative estimate of drug-likeness (QED) is 0.280. The Morgan fingerprint density at radius 3 is 1.79 bits per heavy atom. The molecule has 0 fully saturated rings. The zero-order valence-electron chi connectivity index (χ0n) is 18.3. The van der Waals surface area contributed by atoms with Crippen LogP contribution in [0.2, 0.25) is 0 Å². The first kappa shape index (κ1) is 29.1. The van der Waals surface area contributed by atoms with E-state index in [1.54, 1.807) is 36.4 Å². The van der Waals surface area contributed by atoms with E-state index in [1.807, 2.05) is 0 Å². The molecule has 0 amide bonds. The molecular weight excluding hydrogens is 502 g/mol. The minimum atomic E-state index is -5.16. The second kappa shape index (κ2) is 10.8. The Bertz CT molecular complexity index is 1380. The molecule has 2 aromatic carbocycles. The summed E-state index contributed by atoms with van der Waals surface area (Å²) in [4.78, 5) is -1.32. The number of pyridine rings is 1. The summed E-state index contributed by atoms with van der Waals surface area (Å²) in [5, 5.41) is 6.54. The van der Waals surface area contributed by atoms with Crippen molar-refractivity contribution in [2.24, 2.45) is 5.10 Å². The smallest absolute Gasteiger partial charge is 0.284 e. The Balaban J connectivity index is 0.00000204. The van der Waals surface area contributed by atoms with Crippen LogP contribution in [0.15, 0.2) is 90.2 Å². The predicted octanol–water partition coefficient (Wildman–Crippen LogP) is 0.656. The molecular formula is C20H18N4Na2O6S2. The number of aromatic nitrogens is 1. The van der Waals surface area contributed by atoms with Crippen LogP contribution in [-0.4, -0.2) is 95.8 Å². The van der Waals surface area contributed by atoms with Crippen molar-refractivity contribution in [2.75, 3.05) is 0 Å². The van der Waals surface area contributed by atoms with Crippen LogP contribution in [0.5, 0.6) is 0 Å². The van der Waals surface area contributed by atoms with Crippen LogP contribution in [0.3, 0.4) is 0 Å². The summed E-state index contributed by atoms with van der Waals surface area (Å²) >= 11 is 0. The van der Waals surface area contributed by atoms with Crippen molar-refractivity contribution in [3.63, 3.8) is 0 Å². The fourth-order valence-corrected chi connectivity index (χ4v) is 5.59. The van der Waals surface area contributed by atoms with Crippen molar-refractivity contribution in [1.82, 2.24) is 15.7 Å². The van der Waals surface area contributed by atoms with Crippen molar-refractivity contribution in [1.29, 1.82) is 0 Å². The number of nitrogens with one attached hydrogen (secondary N) is 2. The first-order chi connectivity index (χ1) is 15.1. The summed E-state index contributed by atoms with van der Waals surface area (Å²) in [7, 11) is -10.3.